The van der Waals surface area contributed by atoms with Crippen molar-refractivity contribution in [3.8, 4) is 33.4 Å². The van der Waals surface area contributed by atoms with Crippen LogP contribution in [0, 0.1) is 0 Å². The van der Waals surface area contributed by atoms with E-state index in [9.17, 15) is 0 Å². The molecule has 3 atom stereocenters. The van der Waals surface area contributed by atoms with Crippen LogP contribution in [0.4, 0.5) is 0 Å². The van der Waals surface area contributed by atoms with Gasteiger partial charge in [-0.1, -0.05) is 103 Å². The van der Waals surface area contributed by atoms with Crippen LogP contribution in [0.5, 0.6) is 0 Å². The molecule has 6 aromatic rings. The van der Waals surface area contributed by atoms with Gasteiger partial charge in [0.05, 0.1) is 19.3 Å². The second-order valence-electron chi connectivity index (χ2n) is 13.0. The number of ether oxygens (including phenoxy) is 3. The van der Waals surface area contributed by atoms with Gasteiger partial charge in [0.2, 0.25) is 0 Å². The van der Waals surface area contributed by atoms with E-state index in [-0.39, 0.29) is 18.1 Å². The molecule has 0 N–H and O–H groups in total. The highest BCUT2D eigenvalue weighted by molar-refractivity contribution is 5.92. The maximum absolute atomic E-state index is 6.96. The molecule has 3 nitrogen and oxygen atoms in total. The second kappa shape index (κ2) is 11.6. The van der Waals surface area contributed by atoms with Crippen molar-refractivity contribution in [2.45, 2.75) is 45.0 Å². The zero-order valence-electron chi connectivity index (χ0n) is 27.0. The first-order chi connectivity index (χ1) is 23.2. The molecule has 3 aliphatic carbocycles. The lowest BCUT2D eigenvalue weighted by atomic mass is 9.86. The van der Waals surface area contributed by atoms with Gasteiger partial charge in [-0.05, 0) is 109 Å². The summed E-state index contributed by atoms with van der Waals surface area (Å²) in [5, 5.41) is 2.66. The molecule has 6 aromatic carbocycles. The van der Waals surface area contributed by atoms with Gasteiger partial charge in [0.25, 0.3) is 0 Å². The van der Waals surface area contributed by atoms with E-state index in [2.05, 4.69) is 129 Å². The Balaban J connectivity index is 1.20. The summed E-state index contributed by atoms with van der Waals surface area (Å²) in [4.78, 5) is 0. The highest BCUT2D eigenvalue weighted by Crippen LogP contribution is 2.52. The largest absolute Gasteiger partial charge is 0.381 e. The Morgan fingerprint density at radius 3 is 2.06 bits per heavy atom. The molecular formula is C44H38O3. The van der Waals surface area contributed by atoms with Crippen molar-refractivity contribution in [1.29, 1.82) is 0 Å². The predicted octanol–water partition coefficient (Wildman–Crippen LogP) is 10.6. The topological polar surface area (TPSA) is 27.7 Å². The second-order valence-corrected chi connectivity index (χ2v) is 13.0. The molecule has 0 saturated carbocycles. The zero-order chi connectivity index (χ0) is 31.5. The number of fused-ring (bicyclic) bond motifs is 6. The van der Waals surface area contributed by atoms with Crippen molar-refractivity contribution in [2.75, 3.05) is 19.8 Å². The predicted molar refractivity (Wildman–Crippen MR) is 190 cm³/mol. The Labute approximate surface area is 276 Å². The molecule has 0 radical (unpaired) electrons. The molecule has 0 fully saturated rings. The van der Waals surface area contributed by atoms with Gasteiger partial charge >= 0.3 is 0 Å². The van der Waals surface area contributed by atoms with E-state index >= 15 is 0 Å². The lowest BCUT2D eigenvalue weighted by Gasteiger charge is -2.22. The first-order valence-electron chi connectivity index (χ1n) is 17.0. The van der Waals surface area contributed by atoms with Gasteiger partial charge in [0.1, 0.15) is 6.10 Å². The van der Waals surface area contributed by atoms with Crippen LogP contribution >= 0.6 is 0 Å². The maximum atomic E-state index is 6.96. The lowest BCUT2D eigenvalue weighted by Crippen LogP contribution is -2.09. The van der Waals surface area contributed by atoms with Crippen molar-refractivity contribution in [1.82, 2.24) is 0 Å². The van der Waals surface area contributed by atoms with Crippen molar-refractivity contribution in [3.05, 3.63) is 154 Å². The Hall–Kier alpha value is -4.54. The highest BCUT2D eigenvalue weighted by Gasteiger charge is 2.35. The third-order valence-electron chi connectivity index (χ3n) is 10.5. The molecule has 9 rings (SSSR count). The Bertz CT molecular complexity index is 2160. The normalized spacial score (nSPS) is 18.3. The third kappa shape index (κ3) is 4.52. The van der Waals surface area contributed by atoms with Gasteiger partial charge in [-0.2, -0.15) is 0 Å². The molecule has 0 amide bonds. The molecule has 47 heavy (non-hydrogen) atoms. The number of hydrogen-bond donors (Lipinski definition) is 0. The Kier molecular flexibility index (Phi) is 7.08. The van der Waals surface area contributed by atoms with Gasteiger partial charge in [-0.3, -0.25) is 0 Å². The summed E-state index contributed by atoms with van der Waals surface area (Å²) in [7, 11) is 0. The van der Waals surface area contributed by atoms with Crippen LogP contribution in [-0.4, -0.2) is 19.8 Å². The molecule has 0 aliphatic heterocycles. The highest BCUT2D eigenvalue weighted by atomic mass is 16.5. The van der Waals surface area contributed by atoms with Gasteiger partial charge in [0, 0.05) is 25.6 Å². The number of benzene rings is 6. The summed E-state index contributed by atoms with van der Waals surface area (Å²) in [6, 6.07) is 42.4. The monoisotopic (exact) mass is 614 g/mol. The average Bonchev–Trinajstić information content (AvgIpc) is 3.75. The first-order valence-corrected chi connectivity index (χ1v) is 17.0. The summed E-state index contributed by atoms with van der Waals surface area (Å²) in [6.45, 7) is 6.69. The molecule has 3 heteroatoms. The SMILES string of the molecule is CCOCC1c2ccccc2-c2cccc(-c3cc4c(cc3COC3Cc5cccc6cccc3c56)-c3ccccc3C4OCC)c21. The van der Waals surface area contributed by atoms with Crippen molar-refractivity contribution >= 4 is 10.8 Å². The molecular weight excluding hydrogens is 576 g/mol. The molecule has 0 aromatic heterocycles. The summed E-state index contributed by atoms with van der Waals surface area (Å²) in [5.41, 5.74) is 16.7. The summed E-state index contributed by atoms with van der Waals surface area (Å²) in [5.74, 6) is 0.168. The van der Waals surface area contributed by atoms with E-state index in [1.807, 2.05) is 0 Å². The van der Waals surface area contributed by atoms with Crippen LogP contribution < -0.4 is 0 Å². The number of rotatable bonds is 9. The van der Waals surface area contributed by atoms with Crippen molar-refractivity contribution < 1.29 is 14.2 Å². The van der Waals surface area contributed by atoms with Gasteiger partial charge in [-0.15, -0.1) is 0 Å². The van der Waals surface area contributed by atoms with Gasteiger partial charge in [-0.25, -0.2) is 0 Å². The van der Waals surface area contributed by atoms with E-state index in [0.717, 1.165) is 6.42 Å². The maximum Gasteiger partial charge on any atom is 0.109 e. The van der Waals surface area contributed by atoms with Gasteiger partial charge in [0.15, 0.2) is 0 Å². The summed E-state index contributed by atoms with van der Waals surface area (Å²) in [6.07, 6.45) is 0.839. The fourth-order valence-corrected chi connectivity index (χ4v) is 8.52. The number of hydrogen-bond acceptors (Lipinski definition) is 3. The van der Waals surface area contributed by atoms with E-state index < -0.39 is 0 Å². The van der Waals surface area contributed by atoms with Crippen LogP contribution in [0.2, 0.25) is 0 Å². The van der Waals surface area contributed by atoms with E-state index in [1.165, 1.54) is 83.1 Å². The quantitative estimate of drug-likeness (QED) is 0.162. The van der Waals surface area contributed by atoms with Crippen LogP contribution in [-0.2, 0) is 27.2 Å². The summed E-state index contributed by atoms with van der Waals surface area (Å²) >= 11 is 0. The smallest absolute Gasteiger partial charge is 0.109 e. The molecule has 0 spiro atoms. The minimum atomic E-state index is -0.0879. The van der Waals surface area contributed by atoms with E-state index in [4.69, 9.17) is 14.2 Å². The first kappa shape index (κ1) is 28.7. The van der Waals surface area contributed by atoms with E-state index in [0.29, 0.717) is 26.4 Å². The van der Waals surface area contributed by atoms with Crippen molar-refractivity contribution in [3.63, 3.8) is 0 Å². The average molecular weight is 615 g/mol. The molecule has 0 bridgehead atoms. The van der Waals surface area contributed by atoms with E-state index in [1.54, 1.807) is 0 Å². The summed E-state index contributed by atoms with van der Waals surface area (Å²) < 4.78 is 19.6. The molecule has 0 saturated heterocycles. The lowest BCUT2D eigenvalue weighted by molar-refractivity contribution is 0.0443. The zero-order valence-corrected chi connectivity index (χ0v) is 27.0. The fourth-order valence-electron chi connectivity index (χ4n) is 8.52. The molecule has 3 aliphatic rings. The fraction of sp³-hybridized carbons (Fsp3) is 0.227. The van der Waals surface area contributed by atoms with Gasteiger partial charge < -0.3 is 14.2 Å². The van der Waals surface area contributed by atoms with Crippen LogP contribution in [0.3, 0.4) is 0 Å². The van der Waals surface area contributed by atoms with Crippen LogP contribution in [0.25, 0.3) is 44.2 Å². The minimum Gasteiger partial charge on any atom is -0.381 e. The third-order valence-corrected chi connectivity index (χ3v) is 10.5. The molecule has 0 heterocycles. The Morgan fingerprint density at radius 2 is 1.26 bits per heavy atom. The van der Waals surface area contributed by atoms with Crippen LogP contribution in [0.15, 0.2) is 115 Å². The Morgan fingerprint density at radius 1 is 0.574 bits per heavy atom. The standard InChI is InChI=1S/C44H38O3/c1-3-45-26-40-31-16-6-5-15-30(31)33-19-11-20-34(43(33)40)37-24-39-38(32-17-7-8-18-35(32)44(39)46-4-2)22-29(37)25-47-41-23-28-14-9-12-27-13-10-21-36(41)42(27)28/h5-22,24,40-41,44H,3-4,23,25-26H2,1-2H3. The van der Waals surface area contributed by atoms with Crippen LogP contribution in [0.1, 0.15) is 70.9 Å². The van der Waals surface area contributed by atoms with Crippen molar-refractivity contribution in [2.24, 2.45) is 0 Å². The molecule has 232 valence electrons. The minimum absolute atomic E-state index is 0.0251. The molecule has 3 unspecified atom stereocenters.